The summed E-state index contributed by atoms with van der Waals surface area (Å²) in [5.41, 5.74) is 2.18. The highest BCUT2D eigenvalue weighted by atomic mass is 35.5. The summed E-state index contributed by atoms with van der Waals surface area (Å²) in [6.07, 6.45) is 1.74. The highest BCUT2D eigenvalue weighted by molar-refractivity contribution is 6.31. The SMILES string of the molecule is Clc1ccccc1CNCc1ccn[nH]1. The van der Waals surface area contributed by atoms with Crippen molar-refractivity contribution in [1.29, 1.82) is 0 Å². The molecular formula is C11H12ClN3. The average Bonchev–Trinajstić information content (AvgIpc) is 2.74. The van der Waals surface area contributed by atoms with E-state index in [0.717, 1.165) is 29.4 Å². The molecule has 15 heavy (non-hydrogen) atoms. The minimum absolute atomic E-state index is 0.763. The molecule has 0 atom stereocenters. The van der Waals surface area contributed by atoms with Gasteiger partial charge in [0.1, 0.15) is 0 Å². The Labute approximate surface area is 93.5 Å². The molecule has 0 amide bonds. The van der Waals surface area contributed by atoms with Crippen molar-refractivity contribution < 1.29 is 0 Å². The van der Waals surface area contributed by atoms with E-state index in [2.05, 4.69) is 15.5 Å². The molecule has 1 aromatic carbocycles. The zero-order chi connectivity index (χ0) is 10.5. The lowest BCUT2D eigenvalue weighted by atomic mass is 10.2. The van der Waals surface area contributed by atoms with Gasteiger partial charge >= 0.3 is 0 Å². The third kappa shape index (κ3) is 2.81. The van der Waals surface area contributed by atoms with Crippen LogP contribution in [-0.2, 0) is 13.1 Å². The van der Waals surface area contributed by atoms with Gasteiger partial charge in [0.25, 0.3) is 0 Å². The van der Waals surface area contributed by atoms with Crippen LogP contribution in [-0.4, -0.2) is 10.2 Å². The number of nitrogens with one attached hydrogen (secondary N) is 2. The summed E-state index contributed by atoms with van der Waals surface area (Å²) in [6, 6.07) is 9.77. The monoisotopic (exact) mass is 221 g/mol. The summed E-state index contributed by atoms with van der Waals surface area (Å²) in [5, 5.41) is 10.9. The van der Waals surface area contributed by atoms with Crippen LogP contribution in [0, 0.1) is 0 Å². The van der Waals surface area contributed by atoms with Crippen LogP contribution in [0.15, 0.2) is 36.5 Å². The molecule has 0 bridgehead atoms. The van der Waals surface area contributed by atoms with Gasteiger partial charge in [0.15, 0.2) is 0 Å². The first-order valence-electron chi connectivity index (χ1n) is 4.78. The number of hydrogen-bond acceptors (Lipinski definition) is 2. The molecule has 0 fully saturated rings. The Balaban J connectivity index is 1.86. The van der Waals surface area contributed by atoms with Crippen LogP contribution in [0.2, 0.25) is 5.02 Å². The Morgan fingerprint density at radius 3 is 2.80 bits per heavy atom. The third-order valence-electron chi connectivity index (χ3n) is 2.15. The van der Waals surface area contributed by atoms with Crippen LogP contribution in [0.1, 0.15) is 11.3 Å². The molecule has 0 aliphatic carbocycles. The van der Waals surface area contributed by atoms with Crippen LogP contribution in [0.3, 0.4) is 0 Å². The molecule has 78 valence electrons. The van der Waals surface area contributed by atoms with Gasteiger partial charge in [-0.2, -0.15) is 5.10 Å². The minimum atomic E-state index is 0.763. The summed E-state index contributed by atoms with van der Waals surface area (Å²) < 4.78 is 0. The van der Waals surface area contributed by atoms with E-state index in [1.54, 1.807) is 6.20 Å². The Bertz CT molecular complexity index is 412. The highest BCUT2D eigenvalue weighted by Crippen LogP contribution is 2.14. The lowest BCUT2D eigenvalue weighted by molar-refractivity contribution is 0.677. The molecule has 1 aromatic heterocycles. The molecule has 0 radical (unpaired) electrons. The van der Waals surface area contributed by atoms with E-state index in [9.17, 15) is 0 Å². The normalized spacial score (nSPS) is 10.5. The maximum absolute atomic E-state index is 6.02. The van der Waals surface area contributed by atoms with Crippen LogP contribution >= 0.6 is 11.6 Å². The predicted octanol–water partition coefficient (Wildman–Crippen LogP) is 2.35. The van der Waals surface area contributed by atoms with E-state index in [4.69, 9.17) is 11.6 Å². The molecule has 3 nitrogen and oxygen atoms in total. The summed E-state index contributed by atoms with van der Waals surface area (Å²) in [4.78, 5) is 0. The zero-order valence-electron chi connectivity index (χ0n) is 8.20. The van der Waals surface area contributed by atoms with E-state index in [1.165, 1.54) is 0 Å². The highest BCUT2D eigenvalue weighted by Gasteiger charge is 1.98. The van der Waals surface area contributed by atoms with Gasteiger partial charge < -0.3 is 5.32 Å². The van der Waals surface area contributed by atoms with Gasteiger partial charge in [0.2, 0.25) is 0 Å². The second kappa shape index (κ2) is 4.96. The van der Waals surface area contributed by atoms with Crippen molar-refractivity contribution in [1.82, 2.24) is 15.5 Å². The molecule has 2 aromatic rings. The van der Waals surface area contributed by atoms with E-state index < -0.39 is 0 Å². The average molecular weight is 222 g/mol. The van der Waals surface area contributed by atoms with Gasteiger partial charge in [0, 0.05) is 30.0 Å². The van der Waals surface area contributed by atoms with Crippen molar-refractivity contribution in [3.63, 3.8) is 0 Å². The van der Waals surface area contributed by atoms with Crippen molar-refractivity contribution >= 4 is 11.6 Å². The van der Waals surface area contributed by atoms with Gasteiger partial charge in [-0.05, 0) is 17.7 Å². The van der Waals surface area contributed by atoms with Crippen molar-refractivity contribution in [2.45, 2.75) is 13.1 Å². The molecule has 2 rings (SSSR count). The van der Waals surface area contributed by atoms with Gasteiger partial charge in [-0.1, -0.05) is 29.8 Å². The molecule has 4 heteroatoms. The van der Waals surface area contributed by atoms with Crippen molar-refractivity contribution in [3.8, 4) is 0 Å². The Kier molecular flexibility index (Phi) is 3.37. The number of H-pyrrole nitrogens is 1. The molecule has 1 heterocycles. The van der Waals surface area contributed by atoms with E-state index in [0.29, 0.717) is 0 Å². The number of aromatic nitrogens is 2. The number of nitrogens with zero attached hydrogens (tertiary/aromatic N) is 1. The van der Waals surface area contributed by atoms with E-state index in [1.807, 2.05) is 30.3 Å². The molecule has 0 saturated carbocycles. The number of rotatable bonds is 4. The smallest absolute Gasteiger partial charge is 0.0490 e. The summed E-state index contributed by atoms with van der Waals surface area (Å²) in [7, 11) is 0. The second-order valence-corrected chi connectivity index (χ2v) is 3.68. The van der Waals surface area contributed by atoms with E-state index >= 15 is 0 Å². The first kappa shape index (κ1) is 10.2. The van der Waals surface area contributed by atoms with Crippen LogP contribution in [0.25, 0.3) is 0 Å². The van der Waals surface area contributed by atoms with Crippen molar-refractivity contribution in [3.05, 3.63) is 52.8 Å². The number of halogens is 1. The molecule has 0 aliphatic rings. The number of benzene rings is 1. The topological polar surface area (TPSA) is 40.7 Å². The Morgan fingerprint density at radius 1 is 1.20 bits per heavy atom. The fraction of sp³-hybridized carbons (Fsp3) is 0.182. The third-order valence-corrected chi connectivity index (χ3v) is 2.52. The van der Waals surface area contributed by atoms with Gasteiger partial charge in [-0.15, -0.1) is 0 Å². The van der Waals surface area contributed by atoms with E-state index in [-0.39, 0.29) is 0 Å². The first-order chi connectivity index (χ1) is 7.36. The summed E-state index contributed by atoms with van der Waals surface area (Å²) in [5.74, 6) is 0. The van der Waals surface area contributed by atoms with Crippen LogP contribution < -0.4 is 5.32 Å². The zero-order valence-corrected chi connectivity index (χ0v) is 8.96. The number of hydrogen-bond donors (Lipinski definition) is 2. The summed E-state index contributed by atoms with van der Waals surface area (Å²) >= 11 is 6.02. The Hall–Kier alpha value is -1.32. The van der Waals surface area contributed by atoms with Gasteiger partial charge in [0.05, 0.1) is 0 Å². The molecule has 2 N–H and O–H groups in total. The quantitative estimate of drug-likeness (QED) is 0.832. The fourth-order valence-corrected chi connectivity index (χ4v) is 1.56. The molecular weight excluding hydrogens is 210 g/mol. The molecule has 0 aliphatic heterocycles. The van der Waals surface area contributed by atoms with Gasteiger partial charge in [-0.25, -0.2) is 0 Å². The fourth-order valence-electron chi connectivity index (χ4n) is 1.36. The predicted molar refractivity (Wildman–Crippen MR) is 60.6 cm³/mol. The minimum Gasteiger partial charge on any atom is -0.307 e. The first-order valence-corrected chi connectivity index (χ1v) is 5.16. The lowest BCUT2D eigenvalue weighted by Gasteiger charge is -2.04. The summed E-state index contributed by atoms with van der Waals surface area (Å²) in [6.45, 7) is 1.53. The molecule has 0 saturated heterocycles. The maximum atomic E-state index is 6.02. The molecule has 0 spiro atoms. The van der Waals surface area contributed by atoms with Gasteiger partial charge in [-0.3, -0.25) is 5.10 Å². The molecule has 0 unspecified atom stereocenters. The van der Waals surface area contributed by atoms with Crippen molar-refractivity contribution in [2.75, 3.05) is 0 Å². The van der Waals surface area contributed by atoms with Crippen molar-refractivity contribution in [2.24, 2.45) is 0 Å². The largest absolute Gasteiger partial charge is 0.307 e. The Morgan fingerprint density at radius 2 is 2.07 bits per heavy atom. The van der Waals surface area contributed by atoms with Crippen LogP contribution in [0.5, 0.6) is 0 Å². The number of aromatic amines is 1. The lowest BCUT2D eigenvalue weighted by Crippen LogP contribution is -2.13. The van der Waals surface area contributed by atoms with Crippen LogP contribution in [0.4, 0.5) is 0 Å². The standard InChI is InChI=1S/C11H12ClN3/c12-11-4-2-1-3-9(11)7-13-8-10-5-6-14-15-10/h1-6,13H,7-8H2,(H,14,15). The second-order valence-electron chi connectivity index (χ2n) is 3.28. The maximum Gasteiger partial charge on any atom is 0.0490 e.